The van der Waals surface area contributed by atoms with Gasteiger partial charge in [-0.15, -0.1) is 0 Å². The molecule has 1 aromatic carbocycles. The number of hydrogen-bond acceptors (Lipinski definition) is 1. The van der Waals surface area contributed by atoms with E-state index in [9.17, 15) is 0 Å². The molecule has 0 aliphatic heterocycles. The molecule has 0 saturated heterocycles. The van der Waals surface area contributed by atoms with E-state index in [1.54, 1.807) is 0 Å². The number of halogens is 1. The van der Waals surface area contributed by atoms with Crippen molar-refractivity contribution in [3.05, 3.63) is 28.8 Å². The van der Waals surface area contributed by atoms with Gasteiger partial charge in [0.2, 0.25) is 0 Å². The van der Waals surface area contributed by atoms with Crippen LogP contribution in [0, 0.1) is 12.3 Å². The zero-order chi connectivity index (χ0) is 11.8. The number of hydrogen-bond donors (Lipinski definition) is 1. The van der Waals surface area contributed by atoms with Crippen LogP contribution in [0.3, 0.4) is 0 Å². The Morgan fingerprint density at radius 1 is 1.38 bits per heavy atom. The first-order chi connectivity index (χ1) is 7.49. The second kappa shape index (κ2) is 4.29. The molecule has 1 aliphatic carbocycles. The van der Waals surface area contributed by atoms with E-state index in [0.717, 1.165) is 10.7 Å². The van der Waals surface area contributed by atoms with E-state index in [0.29, 0.717) is 11.5 Å². The van der Waals surface area contributed by atoms with Crippen molar-refractivity contribution in [2.75, 3.05) is 5.32 Å². The minimum atomic E-state index is 0.383. The summed E-state index contributed by atoms with van der Waals surface area (Å²) in [6.07, 6.45) is 3.86. The van der Waals surface area contributed by atoms with Crippen molar-refractivity contribution in [3.8, 4) is 0 Å². The van der Waals surface area contributed by atoms with E-state index in [2.05, 4.69) is 38.2 Å². The van der Waals surface area contributed by atoms with Crippen LogP contribution in [0.5, 0.6) is 0 Å². The van der Waals surface area contributed by atoms with Crippen molar-refractivity contribution in [1.82, 2.24) is 0 Å². The van der Waals surface area contributed by atoms with Crippen LogP contribution in [0.2, 0.25) is 5.02 Å². The normalized spacial score (nSPS) is 23.4. The van der Waals surface area contributed by atoms with Gasteiger partial charge in [0.1, 0.15) is 0 Å². The van der Waals surface area contributed by atoms with Crippen LogP contribution >= 0.6 is 11.6 Å². The van der Waals surface area contributed by atoms with Gasteiger partial charge in [0.25, 0.3) is 0 Å². The molecule has 1 unspecified atom stereocenters. The maximum Gasteiger partial charge on any atom is 0.0640 e. The molecular weight excluding hydrogens is 218 g/mol. The Bertz CT molecular complexity index is 384. The summed E-state index contributed by atoms with van der Waals surface area (Å²) < 4.78 is 0. The second-order valence-corrected chi connectivity index (χ2v) is 5.97. The molecule has 0 heterocycles. The molecule has 16 heavy (non-hydrogen) atoms. The van der Waals surface area contributed by atoms with E-state index in [1.165, 1.54) is 24.8 Å². The Morgan fingerprint density at radius 3 is 2.69 bits per heavy atom. The van der Waals surface area contributed by atoms with Crippen LogP contribution in [-0.4, -0.2) is 6.04 Å². The highest BCUT2D eigenvalue weighted by Gasteiger charge is 2.34. The van der Waals surface area contributed by atoms with Crippen molar-refractivity contribution < 1.29 is 0 Å². The standard InChI is InChI=1S/C14H20ClN/c1-10-6-7-12(11(15)9-10)16-13-5-4-8-14(13,2)3/h6-7,9,13,16H,4-5,8H2,1-3H3. The van der Waals surface area contributed by atoms with Crippen LogP contribution in [-0.2, 0) is 0 Å². The van der Waals surface area contributed by atoms with Crippen LogP contribution in [0.15, 0.2) is 18.2 Å². The number of benzene rings is 1. The Morgan fingerprint density at radius 2 is 2.12 bits per heavy atom. The fourth-order valence-electron chi connectivity index (χ4n) is 2.52. The van der Waals surface area contributed by atoms with Gasteiger partial charge in [-0.25, -0.2) is 0 Å². The van der Waals surface area contributed by atoms with Crippen molar-refractivity contribution in [3.63, 3.8) is 0 Å². The molecule has 0 bridgehead atoms. The maximum absolute atomic E-state index is 6.24. The van der Waals surface area contributed by atoms with E-state index in [1.807, 2.05) is 6.07 Å². The molecule has 88 valence electrons. The van der Waals surface area contributed by atoms with E-state index in [4.69, 9.17) is 11.6 Å². The van der Waals surface area contributed by atoms with Crippen molar-refractivity contribution in [2.45, 2.75) is 46.1 Å². The molecule has 1 saturated carbocycles. The SMILES string of the molecule is Cc1ccc(NC2CCCC2(C)C)c(Cl)c1. The third kappa shape index (κ3) is 2.35. The Balaban J connectivity index is 2.15. The molecule has 0 spiro atoms. The molecule has 1 N–H and O–H groups in total. The first-order valence-electron chi connectivity index (χ1n) is 6.02. The first kappa shape index (κ1) is 11.8. The molecular formula is C14H20ClN. The summed E-state index contributed by atoms with van der Waals surface area (Å²) in [4.78, 5) is 0. The lowest BCUT2D eigenvalue weighted by Crippen LogP contribution is -2.30. The van der Waals surface area contributed by atoms with E-state index in [-0.39, 0.29) is 0 Å². The molecule has 1 nitrogen and oxygen atoms in total. The topological polar surface area (TPSA) is 12.0 Å². The molecule has 1 aliphatic rings. The summed E-state index contributed by atoms with van der Waals surface area (Å²) in [5.41, 5.74) is 2.67. The quantitative estimate of drug-likeness (QED) is 0.790. The summed E-state index contributed by atoms with van der Waals surface area (Å²) in [5, 5.41) is 4.43. The number of aryl methyl sites for hydroxylation is 1. The lowest BCUT2D eigenvalue weighted by molar-refractivity contribution is 0.350. The molecule has 2 heteroatoms. The molecule has 0 aromatic heterocycles. The third-order valence-corrected chi connectivity index (χ3v) is 4.02. The Hall–Kier alpha value is -0.690. The molecule has 1 aromatic rings. The fraction of sp³-hybridized carbons (Fsp3) is 0.571. The van der Waals surface area contributed by atoms with Gasteiger partial charge < -0.3 is 5.32 Å². The minimum absolute atomic E-state index is 0.383. The molecule has 1 atom stereocenters. The summed E-state index contributed by atoms with van der Waals surface area (Å²) in [5.74, 6) is 0. The van der Waals surface area contributed by atoms with Gasteiger partial charge in [0, 0.05) is 6.04 Å². The Kier molecular flexibility index (Phi) is 3.16. The van der Waals surface area contributed by atoms with Gasteiger partial charge in [-0.3, -0.25) is 0 Å². The minimum Gasteiger partial charge on any atom is -0.381 e. The largest absolute Gasteiger partial charge is 0.381 e. The van der Waals surface area contributed by atoms with Gasteiger partial charge in [0.05, 0.1) is 10.7 Å². The first-order valence-corrected chi connectivity index (χ1v) is 6.39. The summed E-state index contributed by atoms with van der Waals surface area (Å²) >= 11 is 6.24. The predicted molar refractivity (Wildman–Crippen MR) is 71.2 cm³/mol. The lowest BCUT2D eigenvalue weighted by Gasteiger charge is -2.29. The predicted octanol–water partition coefficient (Wildman–Crippen LogP) is 4.64. The Labute approximate surface area is 103 Å². The summed E-state index contributed by atoms with van der Waals surface area (Å²) in [7, 11) is 0. The van der Waals surface area contributed by atoms with Crippen molar-refractivity contribution in [2.24, 2.45) is 5.41 Å². The smallest absolute Gasteiger partial charge is 0.0640 e. The summed E-state index contributed by atoms with van der Waals surface area (Å²) in [6.45, 7) is 6.73. The maximum atomic E-state index is 6.24. The van der Waals surface area contributed by atoms with Gasteiger partial charge >= 0.3 is 0 Å². The van der Waals surface area contributed by atoms with Crippen molar-refractivity contribution in [1.29, 1.82) is 0 Å². The van der Waals surface area contributed by atoms with Crippen LogP contribution in [0.1, 0.15) is 38.7 Å². The molecule has 0 amide bonds. The highest BCUT2D eigenvalue weighted by Crippen LogP contribution is 2.39. The van der Waals surface area contributed by atoms with Gasteiger partial charge in [-0.05, 0) is 42.9 Å². The third-order valence-electron chi connectivity index (χ3n) is 3.71. The molecule has 1 fully saturated rings. The summed E-state index contributed by atoms with van der Waals surface area (Å²) in [6, 6.07) is 6.77. The average molecular weight is 238 g/mol. The highest BCUT2D eigenvalue weighted by molar-refractivity contribution is 6.33. The zero-order valence-electron chi connectivity index (χ0n) is 10.3. The average Bonchev–Trinajstić information content (AvgIpc) is 2.50. The van der Waals surface area contributed by atoms with Crippen molar-refractivity contribution >= 4 is 17.3 Å². The molecule has 0 radical (unpaired) electrons. The lowest BCUT2D eigenvalue weighted by atomic mass is 9.87. The van der Waals surface area contributed by atoms with Gasteiger partial charge in [-0.1, -0.05) is 37.9 Å². The highest BCUT2D eigenvalue weighted by atomic mass is 35.5. The molecule has 2 rings (SSSR count). The van der Waals surface area contributed by atoms with Crippen LogP contribution in [0.25, 0.3) is 0 Å². The van der Waals surface area contributed by atoms with E-state index >= 15 is 0 Å². The zero-order valence-corrected chi connectivity index (χ0v) is 11.1. The number of nitrogens with one attached hydrogen (secondary N) is 1. The number of anilines is 1. The monoisotopic (exact) mass is 237 g/mol. The van der Waals surface area contributed by atoms with Crippen LogP contribution in [0.4, 0.5) is 5.69 Å². The van der Waals surface area contributed by atoms with E-state index < -0.39 is 0 Å². The van der Waals surface area contributed by atoms with Gasteiger partial charge in [-0.2, -0.15) is 0 Å². The van der Waals surface area contributed by atoms with Gasteiger partial charge in [0.15, 0.2) is 0 Å². The number of rotatable bonds is 2. The van der Waals surface area contributed by atoms with Crippen LogP contribution < -0.4 is 5.32 Å². The second-order valence-electron chi connectivity index (χ2n) is 5.56. The fourth-order valence-corrected chi connectivity index (χ4v) is 2.81.